The minimum atomic E-state index is -0.479. The Hall–Kier alpha value is -2.75. The Bertz CT molecular complexity index is 1010. The number of aromatic nitrogens is 3. The van der Waals surface area contributed by atoms with Crippen molar-refractivity contribution in [1.29, 1.82) is 0 Å². The summed E-state index contributed by atoms with van der Waals surface area (Å²) in [5.74, 6) is 0.281. The molecule has 138 valence electrons. The van der Waals surface area contributed by atoms with E-state index in [0.29, 0.717) is 22.3 Å². The van der Waals surface area contributed by atoms with Gasteiger partial charge in [-0.05, 0) is 36.0 Å². The fourth-order valence-electron chi connectivity index (χ4n) is 2.21. The molecule has 0 amide bonds. The van der Waals surface area contributed by atoms with Gasteiger partial charge in [0, 0.05) is 27.9 Å². The number of nitrogens with one attached hydrogen (secondary N) is 2. The fraction of sp³-hybridized carbons (Fsp3) is 0.0625. The lowest BCUT2D eigenvalue weighted by molar-refractivity contribution is -0.384. The number of non-ortho nitro benzene ring substituents is 1. The molecule has 27 heavy (non-hydrogen) atoms. The number of hydrogen-bond donors (Lipinski definition) is 2. The van der Waals surface area contributed by atoms with E-state index in [1.807, 2.05) is 6.07 Å². The number of nitro groups is 1. The van der Waals surface area contributed by atoms with Crippen LogP contribution in [0.5, 0.6) is 0 Å². The highest BCUT2D eigenvalue weighted by atomic mass is 35.5. The number of nitro benzene ring substituents is 1. The molecule has 0 saturated carbocycles. The first kappa shape index (κ1) is 19.0. The Morgan fingerprint density at radius 1 is 1.22 bits per heavy atom. The number of halogens is 2. The molecule has 0 aliphatic carbocycles. The number of thiocarbonyl (C=S) groups is 1. The molecule has 0 bridgehead atoms. The number of benzene rings is 2. The zero-order valence-electron chi connectivity index (χ0n) is 13.6. The summed E-state index contributed by atoms with van der Waals surface area (Å²) in [7, 11) is 0. The Morgan fingerprint density at radius 3 is 2.78 bits per heavy atom. The minimum Gasteiger partial charge on any atom is -0.332 e. The Kier molecular flexibility index (Phi) is 5.84. The number of anilines is 2. The van der Waals surface area contributed by atoms with E-state index >= 15 is 0 Å². The van der Waals surface area contributed by atoms with Crippen molar-refractivity contribution in [1.82, 2.24) is 14.8 Å². The van der Waals surface area contributed by atoms with Gasteiger partial charge in [-0.15, -0.1) is 5.10 Å². The van der Waals surface area contributed by atoms with Gasteiger partial charge >= 0.3 is 0 Å². The van der Waals surface area contributed by atoms with Gasteiger partial charge in [0.1, 0.15) is 6.33 Å². The molecule has 2 N–H and O–H groups in total. The van der Waals surface area contributed by atoms with E-state index in [1.54, 1.807) is 28.9 Å². The molecule has 0 spiro atoms. The molecule has 0 saturated heterocycles. The number of rotatable bonds is 5. The van der Waals surface area contributed by atoms with E-state index in [2.05, 4.69) is 20.7 Å². The van der Waals surface area contributed by atoms with Crippen LogP contribution in [-0.2, 0) is 6.54 Å². The molecule has 3 rings (SSSR count). The average molecular weight is 423 g/mol. The van der Waals surface area contributed by atoms with E-state index < -0.39 is 4.92 Å². The van der Waals surface area contributed by atoms with E-state index in [9.17, 15) is 10.1 Å². The third kappa shape index (κ3) is 5.13. The molecular weight excluding hydrogens is 411 g/mol. The van der Waals surface area contributed by atoms with Crippen LogP contribution in [0.4, 0.5) is 17.3 Å². The smallest absolute Gasteiger partial charge is 0.271 e. The molecule has 0 radical (unpaired) electrons. The molecule has 0 aliphatic heterocycles. The predicted octanol–water partition coefficient (Wildman–Crippen LogP) is 4.35. The zero-order valence-corrected chi connectivity index (χ0v) is 15.9. The van der Waals surface area contributed by atoms with Crippen LogP contribution in [0.2, 0.25) is 10.0 Å². The summed E-state index contributed by atoms with van der Waals surface area (Å²) in [6.07, 6.45) is 1.53. The molecule has 0 aliphatic rings. The van der Waals surface area contributed by atoms with Crippen LogP contribution in [0, 0.1) is 10.1 Å². The maximum Gasteiger partial charge on any atom is 0.271 e. The van der Waals surface area contributed by atoms with Gasteiger partial charge < -0.3 is 5.32 Å². The SMILES string of the molecule is O=[N+]([O-])c1cccc(NC(=S)Nc2ncn(Cc3ccc(Cl)cc3Cl)n2)c1. The molecule has 1 heterocycles. The van der Waals surface area contributed by atoms with Crippen LogP contribution in [0.3, 0.4) is 0 Å². The normalized spacial score (nSPS) is 10.4. The number of nitrogens with zero attached hydrogens (tertiary/aromatic N) is 4. The quantitative estimate of drug-likeness (QED) is 0.358. The van der Waals surface area contributed by atoms with Gasteiger partial charge in [0.2, 0.25) is 5.95 Å². The van der Waals surface area contributed by atoms with Gasteiger partial charge in [0.15, 0.2) is 5.11 Å². The van der Waals surface area contributed by atoms with Gasteiger partial charge in [-0.3, -0.25) is 15.4 Å². The third-order valence-corrected chi connectivity index (χ3v) is 4.22. The molecule has 1 aromatic heterocycles. The van der Waals surface area contributed by atoms with E-state index in [-0.39, 0.29) is 16.7 Å². The van der Waals surface area contributed by atoms with Crippen LogP contribution in [0.15, 0.2) is 48.8 Å². The van der Waals surface area contributed by atoms with Crippen molar-refractivity contribution in [2.24, 2.45) is 0 Å². The molecule has 3 aromatic rings. The second kappa shape index (κ2) is 8.30. The van der Waals surface area contributed by atoms with Crippen molar-refractivity contribution < 1.29 is 4.92 Å². The number of hydrogen-bond acceptors (Lipinski definition) is 5. The van der Waals surface area contributed by atoms with Crippen LogP contribution >= 0.6 is 35.4 Å². The van der Waals surface area contributed by atoms with Crippen LogP contribution < -0.4 is 10.6 Å². The van der Waals surface area contributed by atoms with Crippen LogP contribution in [0.25, 0.3) is 0 Å². The summed E-state index contributed by atoms with van der Waals surface area (Å²) in [6.45, 7) is 0.412. The second-order valence-corrected chi connectivity index (χ2v) is 6.64. The van der Waals surface area contributed by atoms with E-state index in [4.69, 9.17) is 35.4 Å². The molecule has 2 aromatic carbocycles. The molecule has 11 heteroatoms. The Labute approximate surface area is 169 Å². The van der Waals surface area contributed by atoms with Gasteiger partial charge in [-0.2, -0.15) is 0 Å². The largest absolute Gasteiger partial charge is 0.332 e. The summed E-state index contributed by atoms with van der Waals surface area (Å²) in [6, 6.07) is 11.2. The van der Waals surface area contributed by atoms with Crippen molar-refractivity contribution in [3.8, 4) is 0 Å². The lowest BCUT2D eigenvalue weighted by Crippen LogP contribution is -2.20. The minimum absolute atomic E-state index is 0.0370. The van der Waals surface area contributed by atoms with Crippen molar-refractivity contribution >= 4 is 57.9 Å². The third-order valence-electron chi connectivity index (χ3n) is 3.42. The maximum absolute atomic E-state index is 10.8. The fourth-order valence-corrected chi connectivity index (χ4v) is 2.89. The van der Waals surface area contributed by atoms with Crippen LogP contribution in [0.1, 0.15) is 5.56 Å². The summed E-state index contributed by atoms with van der Waals surface area (Å²) in [5.41, 5.74) is 1.29. The molecule has 0 atom stereocenters. The summed E-state index contributed by atoms with van der Waals surface area (Å²) >= 11 is 17.2. The topological polar surface area (TPSA) is 97.9 Å². The van der Waals surface area contributed by atoms with Gasteiger partial charge in [0.05, 0.1) is 11.5 Å². The monoisotopic (exact) mass is 422 g/mol. The highest BCUT2D eigenvalue weighted by molar-refractivity contribution is 7.80. The first-order valence-electron chi connectivity index (χ1n) is 7.56. The maximum atomic E-state index is 10.8. The van der Waals surface area contributed by atoms with Crippen molar-refractivity contribution in [2.75, 3.05) is 10.6 Å². The molecule has 0 fully saturated rings. The lowest BCUT2D eigenvalue weighted by atomic mass is 10.2. The Balaban J connectivity index is 1.62. The van der Waals surface area contributed by atoms with Crippen LogP contribution in [-0.4, -0.2) is 24.8 Å². The van der Waals surface area contributed by atoms with Gasteiger partial charge in [0.25, 0.3) is 5.69 Å². The van der Waals surface area contributed by atoms with Crippen molar-refractivity contribution in [3.05, 3.63) is 74.5 Å². The summed E-state index contributed by atoms with van der Waals surface area (Å²) in [4.78, 5) is 14.5. The standard InChI is InChI=1S/C16H12Cl2N6O2S/c17-11-5-4-10(14(18)6-11)8-23-9-19-15(22-23)21-16(27)20-12-2-1-3-13(7-12)24(25)26/h1-7,9H,8H2,(H2,20,21,22,27). The molecule has 0 unspecified atom stereocenters. The predicted molar refractivity (Wildman–Crippen MR) is 109 cm³/mol. The van der Waals surface area contributed by atoms with E-state index in [0.717, 1.165) is 5.56 Å². The molecule has 8 nitrogen and oxygen atoms in total. The average Bonchev–Trinajstić information content (AvgIpc) is 3.04. The van der Waals surface area contributed by atoms with Gasteiger partial charge in [-0.25, -0.2) is 9.67 Å². The first-order chi connectivity index (χ1) is 12.9. The second-order valence-electron chi connectivity index (χ2n) is 5.39. The Morgan fingerprint density at radius 2 is 2.04 bits per heavy atom. The molecular formula is C16H12Cl2N6O2S. The van der Waals surface area contributed by atoms with Crippen molar-refractivity contribution in [2.45, 2.75) is 6.54 Å². The highest BCUT2D eigenvalue weighted by Gasteiger charge is 2.09. The van der Waals surface area contributed by atoms with Crippen molar-refractivity contribution in [3.63, 3.8) is 0 Å². The summed E-state index contributed by atoms with van der Waals surface area (Å²) in [5, 5.41) is 22.1. The zero-order chi connectivity index (χ0) is 19.4. The lowest BCUT2D eigenvalue weighted by Gasteiger charge is -2.07. The van der Waals surface area contributed by atoms with E-state index in [1.165, 1.54) is 18.5 Å². The summed E-state index contributed by atoms with van der Waals surface area (Å²) < 4.78 is 1.59. The first-order valence-corrected chi connectivity index (χ1v) is 8.73. The van der Waals surface area contributed by atoms with Gasteiger partial charge in [-0.1, -0.05) is 35.3 Å². The highest BCUT2D eigenvalue weighted by Crippen LogP contribution is 2.21.